The van der Waals surface area contributed by atoms with Crippen LogP contribution in [0.5, 0.6) is 0 Å². The molecule has 0 N–H and O–H groups in total. The zero-order valence-electron chi connectivity index (χ0n) is 72.3. The Labute approximate surface area is 716 Å². The fraction of sp³-hybridized carbons (Fsp3) is 0.404. The number of fused-ring (bicyclic) bond motifs is 7. The monoisotopic (exact) mass is 1650 g/mol. The summed E-state index contributed by atoms with van der Waals surface area (Å²) < 4.78 is 22.2. The summed E-state index contributed by atoms with van der Waals surface area (Å²) in [6.07, 6.45) is 27.5. The molecule has 0 atom stereocenters. The maximum Gasteiger partial charge on any atom is 0.162 e. The summed E-state index contributed by atoms with van der Waals surface area (Å²) >= 11 is 0. The number of likely N-dealkylation sites (N-methyl/N-ethyl adjacent to an activating group) is 4. The van der Waals surface area contributed by atoms with Gasteiger partial charge in [-0.3, -0.25) is 39.5 Å². The van der Waals surface area contributed by atoms with Gasteiger partial charge in [0.1, 0.15) is 11.3 Å². The summed E-state index contributed by atoms with van der Waals surface area (Å²) in [4.78, 5) is 66.8. The zero-order chi connectivity index (χ0) is 83.8. The van der Waals surface area contributed by atoms with Crippen molar-refractivity contribution in [2.75, 3.05) is 205 Å². The van der Waals surface area contributed by atoms with E-state index in [0.29, 0.717) is 29.7 Å². The lowest BCUT2D eigenvalue weighted by Crippen LogP contribution is -2.63. The largest absolute Gasteiger partial charge is 0.366 e. The van der Waals surface area contributed by atoms with Gasteiger partial charge in [0.2, 0.25) is 0 Å². The Morgan fingerprint density at radius 2 is 0.634 bits per heavy atom. The molecule has 0 aliphatic carbocycles. The van der Waals surface area contributed by atoms with E-state index in [-0.39, 0.29) is 5.82 Å². The molecule has 8 fully saturated rings. The number of piperazine rings is 4. The number of anilines is 4. The van der Waals surface area contributed by atoms with Crippen LogP contribution in [0.3, 0.4) is 0 Å². The number of hydrogen-bond acceptors (Lipinski definition) is 24. The van der Waals surface area contributed by atoms with E-state index in [4.69, 9.17) is 24.9 Å². The molecule has 29 heteroatoms. The lowest BCUT2D eigenvalue weighted by Gasteiger charge is -2.48. The van der Waals surface area contributed by atoms with Gasteiger partial charge in [0.05, 0.1) is 108 Å². The third-order valence-corrected chi connectivity index (χ3v) is 26.7. The van der Waals surface area contributed by atoms with Gasteiger partial charge in [-0.05, 0) is 164 Å². The maximum atomic E-state index is 14.6. The molecule has 8 aliphatic rings. The maximum absolute atomic E-state index is 14.6. The van der Waals surface area contributed by atoms with Crippen LogP contribution in [0.4, 0.5) is 27.1 Å². The first-order valence-corrected chi connectivity index (χ1v) is 43.6. The quantitative estimate of drug-likeness (QED) is 0.111. The van der Waals surface area contributed by atoms with Crippen molar-refractivity contribution in [3.63, 3.8) is 0 Å². The molecule has 0 unspecified atom stereocenters. The lowest BCUT2D eigenvalue weighted by molar-refractivity contribution is 0.0963. The summed E-state index contributed by atoms with van der Waals surface area (Å²) in [5, 5.41) is 21.5. The van der Waals surface area contributed by atoms with Crippen molar-refractivity contribution >= 4 is 78.0 Å². The van der Waals surface area contributed by atoms with E-state index < -0.39 is 0 Å². The molecule has 0 radical (unpaired) electrons. The van der Waals surface area contributed by atoms with Crippen molar-refractivity contribution < 1.29 is 4.39 Å². The highest BCUT2D eigenvalue weighted by molar-refractivity contribution is 6.01. The summed E-state index contributed by atoms with van der Waals surface area (Å²) in [5.74, 6) is -0.297. The van der Waals surface area contributed by atoms with E-state index in [0.717, 1.165) is 218 Å². The van der Waals surface area contributed by atoms with Gasteiger partial charge < -0.3 is 39.2 Å². The molecule has 0 amide bonds. The minimum absolute atomic E-state index is 0.297. The highest BCUT2D eigenvalue weighted by Crippen LogP contribution is 2.39. The van der Waals surface area contributed by atoms with Crippen molar-refractivity contribution in [3.05, 3.63) is 205 Å². The van der Waals surface area contributed by atoms with E-state index in [2.05, 4.69) is 203 Å². The van der Waals surface area contributed by atoms with Crippen LogP contribution in [0.25, 0.3) is 99.8 Å². The van der Waals surface area contributed by atoms with Gasteiger partial charge in [-0.1, -0.05) is 23.8 Å². The number of pyridine rings is 4. The number of benzene rings is 3. The average Bonchev–Trinajstić information content (AvgIpc) is 1.66. The smallest absolute Gasteiger partial charge is 0.162 e. The second-order valence-electron chi connectivity index (χ2n) is 35.5. The Balaban J connectivity index is 0.000000104. The summed E-state index contributed by atoms with van der Waals surface area (Å²) in [5.41, 5.74) is 24.8. The molecule has 123 heavy (non-hydrogen) atoms. The van der Waals surface area contributed by atoms with Crippen LogP contribution in [0.1, 0.15) is 33.8 Å². The molecule has 0 saturated carbocycles. The molecular formula is C94H109FN28. The van der Waals surface area contributed by atoms with Crippen LogP contribution in [-0.4, -0.2) is 327 Å². The Morgan fingerprint density at radius 3 is 1.04 bits per heavy atom. The molecule has 3 aromatic carbocycles. The number of aromatic nitrogens is 16. The van der Waals surface area contributed by atoms with Crippen molar-refractivity contribution in [2.45, 2.75) is 65.7 Å². The standard InChI is InChI=1S/C25H28FN7.2C25H29N7.C19H23N7/c1-16-8-21-20(10-17(2)29-24(21)23(26)9-16)22-12-28-33-15-18(11-27-25(22)33)32-13-19(14-32)31-6-4-30(3)5-7-31;1-17-4-5-24-22(10-17)21(11-18(2)28-24)23-13-27-32-16-19(12-26-25(23)32)31-14-20(15-31)30-8-6-29(3)7-9-30;1-17-4-5-21-22(11-18(2)28-24(21)10-17)23-13-27-32-16-19(12-26-25(23)32)31-14-20(15-31)30-8-6-29(3)7-9-30;1-23-6-8-24(9-7-23)17-12-25(13-17)16-10-21-19-18(11-22-26(19)14-16)15-2-4-20-5-3-15/h8-12,15,19H,4-7,13-14H2,1-3H3;2*4-5,10-13,16,20H,6-9,14-15H2,1-3H3;2-5,10-11,14,17H,6-9,12-13H2,1H3. The fourth-order valence-corrected chi connectivity index (χ4v) is 18.9. The predicted octanol–water partition coefficient (Wildman–Crippen LogP) is 10.4. The number of aryl methyl sites for hydroxylation is 6. The normalized spacial score (nSPS) is 18.8. The van der Waals surface area contributed by atoms with Gasteiger partial charge in [-0.15, -0.1) is 0 Å². The van der Waals surface area contributed by atoms with Gasteiger partial charge in [0.25, 0.3) is 0 Å². The van der Waals surface area contributed by atoms with Gasteiger partial charge in [0.15, 0.2) is 22.6 Å². The van der Waals surface area contributed by atoms with Crippen molar-refractivity contribution in [2.24, 2.45) is 0 Å². The average molecular weight is 1650 g/mol. The first-order valence-electron chi connectivity index (χ1n) is 43.6. The summed E-state index contributed by atoms with van der Waals surface area (Å²) in [6, 6.07) is 29.2. The topological polar surface area (TPSA) is 211 Å². The van der Waals surface area contributed by atoms with Crippen molar-refractivity contribution in [1.29, 1.82) is 0 Å². The van der Waals surface area contributed by atoms with Crippen LogP contribution in [0, 0.1) is 47.4 Å². The zero-order valence-corrected chi connectivity index (χ0v) is 72.3. The lowest BCUT2D eigenvalue weighted by atomic mass is 10.0. The first kappa shape index (κ1) is 79.8. The van der Waals surface area contributed by atoms with E-state index in [1.165, 1.54) is 95.7 Å². The molecule has 15 aromatic rings. The fourth-order valence-electron chi connectivity index (χ4n) is 18.9. The second-order valence-corrected chi connectivity index (χ2v) is 35.5. The van der Waals surface area contributed by atoms with Crippen LogP contribution in [-0.2, 0) is 0 Å². The van der Waals surface area contributed by atoms with Gasteiger partial charge in [-0.2, -0.15) is 20.4 Å². The van der Waals surface area contributed by atoms with E-state index >= 15 is 0 Å². The molecule has 28 nitrogen and oxygen atoms in total. The van der Waals surface area contributed by atoms with Gasteiger partial charge in [-0.25, -0.2) is 42.4 Å². The highest BCUT2D eigenvalue weighted by Gasteiger charge is 2.38. The van der Waals surface area contributed by atoms with Crippen LogP contribution in [0.15, 0.2) is 166 Å². The second kappa shape index (κ2) is 33.5. The summed E-state index contributed by atoms with van der Waals surface area (Å²) in [6.45, 7) is 39.2. The Hall–Kier alpha value is -11.7. The molecule has 12 aromatic heterocycles. The van der Waals surface area contributed by atoms with Crippen molar-refractivity contribution in [1.82, 2.24) is 118 Å². The molecule has 632 valence electrons. The first-order chi connectivity index (χ1) is 59.8. The van der Waals surface area contributed by atoms with Crippen LogP contribution < -0.4 is 19.6 Å². The van der Waals surface area contributed by atoms with E-state index in [1.54, 1.807) is 12.4 Å². The van der Waals surface area contributed by atoms with E-state index in [9.17, 15) is 4.39 Å². The van der Waals surface area contributed by atoms with Crippen LogP contribution in [0.2, 0.25) is 0 Å². The number of rotatable bonds is 12. The Kier molecular flexibility index (Phi) is 21.7. The third kappa shape index (κ3) is 16.2. The molecule has 8 saturated heterocycles. The van der Waals surface area contributed by atoms with Gasteiger partial charge >= 0.3 is 0 Å². The number of nitrogens with zero attached hydrogens (tertiary/aromatic N) is 28. The SMILES string of the molecule is CN1CCN(C2CN(c3cnc4c(-c5ccncc5)cnn4c3)C2)CC1.Cc1cc(F)c2nc(C)cc(-c3cnn4cc(N5CC(N6CCN(C)CC6)C5)cnc34)c2c1.Cc1ccc2c(-c3cnn4cc(N5CC(N6CCN(C)CC6)C5)cnc34)cc(C)nc2c1.Cc1ccc2nc(C)cc(-c3cnn4cc(N5CC(N6CCN(C)CC6)C5)cnc34)c2c1. The number of hydrogen-bond donors (Lipinski definition) is 0. The minimum atomic E-state index is -0.297. The van der Waals surface area contributed by atoms with E-state index in [1.807, 2.05) is 126 Å². The molecule has 0 bridgehead atoms. The predicted molar refractivity (Wildman–Crippen MR) is 486 cm³/mol. The third-order valence-electron chi connectivity index (χ3n) is 26.7. The molecule has 8 aliphatic heterocycles. The summed E-state index contributed by atoms with van der Waals surface area (Å²) in [7, 11) is 8.81. The van der Waals surface area contributed by atoms with Crippen LogP contribution >= 0.6 is 0 Å². The number of halogens is 1. The Morgan fingerprint density at radius 1 is 0.301 bits per heavy atom. The highest BCUT2D eigenvalue weighted by atomic mass is 19.1. The van der Waals surface area contributed by atoms with Gasteiger partial charge in [0, 0.05) is 249 Å². The molecule has 20 heterocycles. The molecule has 0 spiro atoms. The Bertz CT molecular complexity index is 6360. The molecular weight excluding hydrogens is 1540 g/mol. The molecule has 23 rings (SSSR count). The van der Waals surface area contributed by atoms with Crippen molar-refractivity contribution in [3.8, 4) is 44.5 Å². The minimum Gasteiger partial charge on any atom is -0.366 e.